The Kier molecular flexibility index (Phi) is 5.11. The number of aliphatic hydroxyl groups excluding tert-OH is 1. The average molecular weight is 300 g/mol. The van der Waals surface area contributed by atoms with Crippen molar-refractivity contribution in [3.8, 4) is 11.5 Å². The lowest BCUT2D eigenvalue weighted by Gasteiger charge is -2.08. The van der Waals surface area contributed by atoms with Crippen molar-refractivity contribution in [3.63, 3.8) is 0 Å². The number of hydrogen-bond donors (Lipinski definition) is 3. The molecule has 0 saturated carbocycles. The topological polar surface area (TPSA) is 91.2 Å². The first-order valence-electron chi connectivity index (χ1n) is 6.54. The van der Waals surface area contributed by atoms with Gasteiger partial charge in [-0.3, -0.25) is 4.79 Å². The van der Waals surface area contributed by atoms with E-state index in [9.17, 15) is 15.0 Å². The summed E-state index contributed by atoms with van der Waals surface area (Å²) in [6.45, 7) is 0. The van der Waals surface area contributed by atoms with E-state index in [0.29, 0.717) is 16.9 Å². The van der Waals surface area contributed by atoms with E-state index in [1.165, 1.54) is 19.4 Å². The second-order valence-corrected chi connectivity index (χ2v) is 4.47. The number of phenolic OH excluding ortho intramolecular Hbond substituents is 1. The largest absolute Gasteiger partial charge is 0.507 e. The number of benzene rings is 2. The molecule has 2 aromatic rings. The number of nitrogens with zero attached hydrogens (tertiary/aromatic N) is 1. The quantitative estimate of drug-likeness (QED) is 0.577. The summed E-state index contributed by atoms with van der Waals surface area (Å²) in [5.41, 5.74) is 3.11. The summed E-state index contributed by atoms with van der Waals surface area (Å²) >= 11 is 0. The second-order valence-electron chi connectivity index (χ2n) is 4.47. The van der Waals surface area contributed by atoms with Crippen molar-refractivity contribution in [2.75, 3.05) is 7.11 Å². The summed E-state index contributed by atoms with van der Waals surface area (Å²) < 4.78 is 4.97. The summed E-state index contributed by atoms with van der Waals surface area (Å²) in [4.78, 5) is 11.8. The minimum absolute atomic E-state index is 0.0269. The number of phenols is 1. The zero-order valence-corrected chi connectivity index (χ0v) is 11.9. The van der Waals surface area contributed by atoms with Crippen LogP contribution in [0, 0.1) is 0 Å². The van der Waals surface area contributed by atoms with Crippen LogP contribution in [0.5, 0.6) is 11.5 Å². The van der Waals surface area contributed by atoms with E-state index in [4.69, 9.17) is 4.74 Å². The van der Waals surface area contributed by atoms with E-state index in [1.54, 1.807) is 42.5 Å². The third kappa shape index (κ3) is 3.83. The number of amides is 1. The third-order valence-electron chi connectivity index (χ3n) is 2.98. The number of carbonyl (C=O) groups is 1. The van der Waals surface area contributed by atoms with E-state index in [1.807, 2.05) is 0 Å². The van der Waals surface area contributed by atoms with E-state index in [0.717, 1.165) is 0 Å². The summed E-state index contributed by atoms with van der Waals surface area (Å²) in [5, 5.41) is 23.3. The van der Waals surface area contributed by atoms with Gasteiger partial charge in [0.05, 0.1) is 13.3 Å². The lowest BCUT2D eigenvalue weighted by molar-refractivity contribution is -0.129. The van der Waals surface area contributed by atoms with E-state index < -0.39 is 12.0 Å². The third-order valence-corrected chi connectivity index (χ3v) is 2.98. The molecule has 0 aliphatic carbocycles. The highest BCUT2D eigenvalue weighted by atomic mass is 16.5. The first-order chi connectivity index (χ1) is 10.6. The van der Waals surface area contributed by atoms with Gasteiger partial charge in [0.2, 0.25) is 0 Å². The lowest BCUT2D eigenvalue weighted by atomic mass is 10.1. The monoisotopic (exact) mass is 300 g/mol. The molecule has 6 nitrogen and oxygen atoms in total. The van der Waals surface area contributed by atoms with Crippen molar-refractivity contribution in [1.29, 1.82) is 0 Å². The SMILES string of the molecule is COc1ccc(/C=N/NC(=O)[C@@H](O)c2ccccc2)c(O)c1. The lowest BCUT2D eigenvalue weighted by Crippen LogP contribution is -2.25. The van der Waals surface area contributed by atoms with Gasteiger partial charge in [-0.2, -0.15) is 5.10 Å². The maximum atomic E-state index is 11.8. The molecule has 0 fully saturated rings. The van der Waals surface area contributed by atoms with E-state index >= 15 is 0 Å². The maximum Gasteiger partial charge on any atom is 0.273 e. The van der Waals surface area contributed by atoms with Crippen molar-refractivity contribution < 1.29 is 19.7 Å². The summed E-state index contributed by atoms with van der Waals surface area (Å²) in [6.07, 6.45) is -0.0208. The number of carbonyl (C=O) groups excluding carboxylic acids is 1. The van der Waals surface area contributed by atoms with Crippen LogP contribution in [-0.2, 0) is 4.79 Å². The molecule has 0 saturated heterocycles. The predicted octanol–water partition coefficient (Wildman–Crippen LogP) is 1.58. The molecule has 114 valence electrons. The molecule has 2 aromatic carbocycles. The molecule has 0 spiro atoms. The molecule has 0 aromatic heterocycles. The van der Waals surface area contributed by atoms with Crippen LogP contribution in [0.15, 0.2) is 53.6 Å². The fourth-order valence-electron chi connectivity index (χ4n) is 1.77. The van der Waals surface area contributed by atoms with Gasteiger partial charge < -0.3 is 14.9 Å². The van der Waals surface area contributed by atoms with Crippen LogP contribution in [-0.4, -0.2) is 29.4 Å². The number of hydrogen-bond acceptors (Lipinski definition) is 5. The Morgan fingerprint density at radius 2 is 2.00 bits per heavy atom. The molecule has 6 heteroatoms. The van der Waals surface area contributed by atoms with Crippen LogP contribution in [0.3, 0.4) is 0 Å². The summed E-state index contributed by atoms with van der Waals surface area (Å²) in [6, 6.07) is 13.2. The molecule has 3 N–H and O–H groups in total. The number of aliphatic hydroxyl groups is 1. The van der Waals surface area contributed by atoms with Gasteiger partial charge in [0.25, 0.3) is 5.91 Å². The Labute approximate surface area is 127 Å². The predicted molar refractivity (Wildman–Crippen MR) is 81.8 cm³/mol. The Bertz CT molecular complexity index is 671. The molecule has 0 bridgehead atoms. The van der Waals surface area contributed by atoms with Crippen molar-refractivity contribution in [3.05, 3.63) is 59.7 Å². The Hall–Kier alpha value is -2.86. The van der Waals surface area contributed by atoms with Gasteiger partial charge in [-0.1, -0.05) is 30.3 Å². The fourth-order valence-corrected chi connectivity index (χ4v) is 1.77. The van der Waals surface area contributed by atoms with Gasteiger partial charge in [0.1, 0.15) is 11.5 Å². The molecule has 1 atom stereocenters. The number of aromatic hydroxyl groups is 1. The van der Waals surface area contributed by atoms with Gasteiger partial charge >= 0.3 is 0 Å². The molecular formula is C16H16N2O4. The van der Waals surface area contributed by atoms with Crippen LogP contribution in [0.4, 0.5) is 0 Å². The number of methoxy groups -OCH3 is 1. The van der Waals surface area contributed by atoms with E-state index in [-0.39, 0.29) is 5.75 Å². The average Bonchev–Trinajstić information content (AvgIpc) is 2.56. The van der Waals surface area contributed by atoms with Crippen molar-refractivity contribution in [2.45, 2.75) is 6.10 Å². The molecule has 0 unspecified atom stereocenters. The van der Waals surface area contributed by atoms with Crippen molar-refractivity contribution >= 4 is 12.1 Å². The molecule has 2 rings (SSSR count). The summed E-state index contributed by atoms with van der Waals surface area (Å²) in [7, 11) is 1.49. The smallest absolute Gasteiger partial charge is 0.273 e. The van der Waals surface area contributed by atoms with Gasteiger partial charge in [0, 0.05) is 11.6 Å². The zero-order valence-electron chi connectivity index (χ0n) is 11.9. The molecule has 22 heavy (non-hydrogen) atoms. The molecule has 0 radical (unpaired) electrons. The minimum atomic E-state index is -1.30. The maximum absolute atomic E-state index is 11.8. The molecule has 0 aliphatic heterocycles. The highest BCUT2D eigenvalue weighted by Crippen LogP contribution is 2.21. The van der Waals surface area contributed by atoms with Crippen LogP contribution in [0.25, 0.3) is 0 Å². The van der Waals surface area contributed by atoms with Crippen LogP contribution >= 0.6 is 0 Å². The normalized spacial score (nSPS) is 12.1. The Balaban J connectivity index is 1.99. The molecular weight excluding hydrogens is 284 g/mol. The number of nitrogens with one attached hydrogen (secondary N) is 1. The highest BCUT2D eigenvalue weighted by Gasteiger charge is 2.15. The Morgan fingerprint density at radius 3 is 2.64 bits per heavy atom. The fraction of sp³-hybridized carbons (Fsp3) is 0.125. The van der Waals surface area contributed by atoms with Crippen molar-refractivity contribution in [2.24, 2.45) is 5.10 Å². The second kappa shape index (κ2) is 7.24. The van der Waals surface area contributed by atoms with Crippen LogP contribution in [0.1, 0.15) is 17.2 Å². The molecule has 0 aliphatic rings. The highest BCUT2D eigenvalue weighted by molar-refractivity contribution is 5.86. The molecule has 0 heterocycles. The van der Waals surface area contributed by atoms with E-state index in [2.05, 4.69) is 10.5 Å². The zero-order chi connectivity index (χ0) is 15.9. The number of hydrazone groups is 1. The van der Waals surface area contributed by atoms with Gasteiger partial charge in [-0.05, 0) is 17.7 Å². The van der Waals surface area contributed by atoms with Crippen LogP contribution in [0.2, 0.25) is 0 Å². The van der Waals surface area contributed by atoms with Gasteiger partial charge in [0.15, 0.2) is 6.10 Å². The Morgan fingerprint density at radius 1 is 1.27 bits per heavy atom. The van der Waals surface area contributed by atoms with Gasteiger partial charge in [-0.15, -0.1) is 0 Å². The van der Waals surface area contributed by atoms with Crippen molar-refractivity contribution in [1.82, 2.24) is 5.43 Å². The van der Waals surface area contributed by atoms with Gasteiger partial charge in [-0.25, -0.2) is 5.43 Å². The first-order valence-corrected chi connectivity index (χ1v) is 6.54. The minimum Gasteiger partial charge on any atom is -0.507 e. The number of rotatable bonds is 5. The first kappa shape index (κ1) is 15.5. The molecule has 1 amide bonds. The van der Waals surface area contributed by atoms with Crippen LogP contribution < -0.4 is 10.2 Å². The number of ether oxygens (including phenoxy) is 1. The summed E-state index contributed by atoms with van der Waals surface area (Å²) in [5.74, 6) is -0.172. The standard InChI is InChI=1S/C16H16N2O4/c1-22-13-8-7-12(14(19)9-13)10-17-18-16(21)15(20)11-5-3-2-4-6-11/h2-10,15,19-20H,1H3,(H,18,21)/b17-10+/t15-/m0/s1.